The van der Waals surface area contributed by atoms with Crippen LogP contribution in [0.15, 0.2) is 30.3 Å². The molecule has 140 valence electrons. The first kappa shape index (κ1) is 18.9. The molecule has 3 rings (SSSR count). The van der Waals surface area contributed by atoms with Crippen molar-refractivity contribution in [2.75, 3.05) is 13.2 Å². The van der Waals surface area contributed by atoms with Crippen LogP contribution in [0.25, 0.3) is 11.3 Å². The molecular formula is C21H22N2O4. The second-order valence-electron chi connectivity index (χ2n) is 6.89. The number of fused-ring (bicyclic) bond motifs is 1. The Kier molecular flexibility index (Phi) is 5.43. The van der Waals surface area contributed by atoms with Crippen molar-refractivity contribution in [3.05, 3.63) is 47.0 Å². The summed E-state index contributed by atoms with van der Waals surface area (Å²) in [5.74, 6) is -0.341. The van der Waals surface area contributed by atoms with Crippen molar-refractivity contribution in [2.24, 2.45) is 0 Å². The number of hydrogen-bond donors (Lipinski definition) is 0. The van der Waals surface area contributed by atoms with Crippen LogP contribution in [0.4, 0.5) is 0 Å². The smallest absolute Gasteiger partial charge is 0.344 e. The Morgan fingerprint density at radius 2 is 2.04 bits per heavy atom. The third-order valence-corrected chi connectivity index (χ3v) is 4.38. The summed E-state index contributed by atoms with van der Waals surface area (Å²) < 4.78 is 16.5. The SMILES string of the molecule is CCOC(=O)COc1nc(-c2ccccc2)c2c(c1C#N)CC(C)(C)OC2. The fraction of sp³-hybridized carbons (Fsp3) is 0.381. The second kappa shape index (κ2) is 7.77. The molecule has 2 aromatic rings. The molecule has 0 atom stereocenters. The van der Waals surface area contributed by atoms with Gasteiger partial charge in [-0.05, 0) is 26.3 Å². The van der Waals surface area contributed by atoms with Crippen LogP contribution in [0.3, 0.4) is 0 Å². The summed E-state index contributed by atoms with van der Waals surface area (Å²) in [7, 11) is 0. The van der Waals surface area contributed by atoms with Crippen molar-refractivity contribution < 1.29 is 19.0 Å². The fourth-order valence-electron chi connectivity index (χ4n) is 3.13. The molecule has 0 bridgehead atoms. The minimum Gasteiger partial charge on any atom is -0.465 e. The lowest BCUT2D eigenvalue weighted by Gasteiger charge is -2.33. The van der Waals surface area contributed by atoms with Crippen molar-refractivity contribution in [3.63, 3.8) is 0 Å². The number of carbonyl (C=O) groups is 1. The van der Waals surface area contributed by atoms with Crippen LogP contribution in [0.5, 0.6) is 5.88 Å². The van der Waals surface area contributed by atoms with Crippen molar-refractivity contribution >= 4 is 5.97 Å². The van der Waals surface area contributed by atoms with Gasteiger partial charge in [0, 0.05) is 17.5 Å². The quantitative estimate of drug-likeness (QED) is 0.754. The van der Waals surface area contributed by atoms with Gasteiger partial charge >= 0.3 is 5.97 Å². The molecule has 0 fully saturated rings. The number of nitrogens with zero attached hydrogens (tertiary/aromatic N) is 2. The number of pyridine rings is 1. The Hall–Kier alpha value is -2.91. The first-order valence-corrected chi connectivity index (χ1v) is 8.89. The van der Waals surface area contributed by atoms with E-state index in [9.17, 15) is 10.1 Å². The van der Waals surface area contributed by atoms with E-state index in [1.165, 1.54) is 0 Å². The zero-order valence-electron chi connectivity index (χ0n) is 15.7. The summed E-state index contributed by atoms with van der Waals surface area (Å²) in [6.45, 7) is 6.05. The molecule has 0 radical (unpaired) electrons. The Balaban J connectivity index is 2.10. The van der Waals surface area contributed by atoms with Crippen LogP contribution in [0, 0.1) is 11.3 Å². The van der Waals surface area contributed by atoms with Crippen LogP contribution in [-0.2, 0) is 27.3 Å². The van der Waals surface area contributed by atoms with Gasteiger partial charge in [-0.3, -0.25) is 0 Å². The molecule has 1 aliphatic heterocycles. The molecule has 6 nitrogen and oxygen atoms in total. The normalized spacial score (nSPS) is 14.7. The van der Waals surface area contributed by atoms with Gasteiger partial charge in [0.25, 0.3) is 0 Å². The molecule has 0 amide bonds. The van der Waals surface area contributed by atoms with Crippen LogP contribution in [-0.4, -0.2) is 29.8 Å². The van der Waals surface area contributed by atoms with Crippen LogP contribution in [0.2, 0.25) is 0 Å². The van der Waals surface area contributed by atoms with Crippen molar-refractivity contribution in [1.29, 1.82) is 5.26 Å². The molecule has 0 saturated heterocycles. The predicted octanol–water partition coefficient (Wildman–Crippen LogP) is 3.41. The third kappa shape index (κ3) is 4.09. The van der Waals surface area contributed by atoms with E-state index in [1.807, 2.05) is 44.2 Å². The van der Waals surface area contributed by atoms with E-state index in [-0.39, 0.29) is 19.1 Å². The van der Waals surface area contributed by atoms with Crippen molar-refractivity contribution in [3.8, 4) is 23.2 Å². The van der Waals surface area contributed by atoms with E-state index >= 15 is 0 Å². The van der Waals surface area contributed by atoms with E-state index < -0.39 is 11.6 Å². The number of esters is 1. The minimum atomic E-state index is -0.495. The summed E-state index contributed by atoms with van der Waals surface area (Å²) in [6, 6.07) is 11.9. The zero-order chi connectivity index (χ0) is 19.4. The lowest BCUT2D eigenvalue weighted by molar-refractivity contribution is -0.145. The van der Waals surface area contributed by atoms with Crippen LogP contribution < -0.4 is 4.74 Å². The number of nitriles is 1. The number of aromatic nitrogens is 1. The monoisotopic (exact) mass is 366 g/mol. The van der Waals surface area contributed by atoms with Gasteiger partial charge in [-0.15, -0.1) is 0 Å². The highest BCUT2D eigenvalue weighted by Crippen LogP contribution is 2.38. The van der Waals surface area contributed by atoms with Gasteiger partial charge in [-0.2, -0.15) is 5.26 Å². The molecule has 2 heterocycles. The Morgan fingerprint density at radius 3 is 2.70 bits per heavy atom. The number of benzene rings is 1. The van der Waals surface area contributed by atoms with Gasteiger partial charge in [0.1, 0.15) is 11.6 Å². The third-order valence-electron chi connectivity index (χ3n) is 4.38. The molecule has 0 unspecified atom stereocenters. The topological polar surface area (TPSA) is 81.4 Å². The summed E-state index contributed by atoms with van der Waals surface area (Å²) in [6.07, 6.45) is 0.559. The second-order valence-corrected chi connectivity index (χ2v) is 6.89. The molecular weight excluding hydrogens is 344 g/mol. The summed E-state index contributed by atoms with van der Waals surface area (Å²) >= 11 is 0. The standard InChI is InChI=1S/C21H22N2O4/c1-4-25-18(24)13-26-20-16(11-22)15-10-21(2,3)27-12-17(15)19(23-20)14-8-6-5-7-9-14/h5-9H,4,10,12-13H2,1-3H3. The summed E-state index contributed by atoms with van der Waals surface area (Å²) in [5.41, 5.74) is 3.32. The average molecular weight is 366 g/mol. The Labute approximate surface area is 158 Å². The van der Waals surface area contributed by atoms with Gasteiger partial charge in [0.05, 0.1) is 24.5 Å². The highest BCUT2D eigenvalue weighted by atomic mass is 16.6. The maximum Gasteiger partial charge on any atom is 0.344 e. The molecule has 0 spiro atoms. The van der Waals surface area contributed by atoms with Gasteiger partial charge < -0.3 is 14.2 Å². The lowest BCUT2D eigenvalue weighted by atomic mass is 9.87. The Bertz CT molecular complexity index is 885. The number of hydrogen-bond acceptors (Lipinski definition) is 6. The number of ether oxygens (including phenoxy) is 3. The molecule has 27 heavy (non-hydrogen) atoms. The van der Waals surface area contributed by atoms with E-state index in [4.69, 9.17) is 14.2 Å². The van der Waals surface area contributed by atoms with Crippen molar-refractivity contribution in [2.45, 2.75) is 39.4 Å². The zero-order valence-corrected chi connectivity index (χ0v) is 15.7. The largest absolute Gasteiger partial charge is 0.465 e. The highest BCUT2D eigenvalue weighted by molar-refractivity contribution is 5.72. The summed E-state index contributed by atoms with van der Waals surface area (Å²) in [5, 5.41) is 9.75. The van der Waals surface area contributed by atoms with Crippen molar-refractivity contribution in [1.82, 2.24) is 4.98 Å². The van der Waals surface area contributed by atoms with Gasteiger partial charge in [0.2, 0.25) is 5.88 Å². The first-order chi connectivity index (χ1) is 12.9. The van der Waals surface area contributed by atoms with Gasteiger partial charge in [0.15, 0.2) is 6.61 Å². The predicted molar refractivity (Wildman–Crippen MR) is 99.1 cm³/mol. The molecule has 1 aromatic carbocycles. The van der Waals surface area contributed by atoms with Crippen LogP contribution >= 0.6 is 0 Å². The molecule has 0 N–H and O–H groups in total. The first-order valence-electron chi connectivity index (χ1n) is 8.89. The van der Waals surface area contributed by atoms with E-state index in [2.05, 4.69) is 11.1 Å². The fourth-order valence-corrected chi connectivity index (χ4v) is 3.13. The molecule has 1 aliphatic rings. The highest BCUT2D eigenvalue weighted by Gasteiger charge is 2.32. The summed E-state index contributed by atoms with van der Waals surface area (Å²) in [4.78, 5) is 16.3. The van der Waals surface area contributed by atoms with E-state index in [1.54, 1.807) is 6.92 Å². The maximum absolute atomic E-state index is 11.7. The molecule has 0 saturated carbocycles. The number of rotatable bonds is 5. The number of carbonyl (C=O) groups excluding carboxylic acids is 1. The molecule has 1 aromatic heterocycles. The maximum atomic E-state index is 11.7. The van der Waals surface area contributed by atoms with Crippen LogP contribution in [0.1, 0.15) is 37.5 Å². The minimum absolute atomic E-state index is 0.154. The molecule has 0 aliphatic carbocycles. The van der Waals surface area contributed by atoms with E-state index in [0.717, 1.165) is 16.7 Å². The van der Waals surface area contributed by atoms with Gasteiger partial charge in [-0.25, -0.2) is 9.78 Å². The lowest BCUT2D eigenvalue weighted by Crippen LogP contribution is -2.33. The molecule has 6 heteroatoms. The Morgan fingerprint density at radius 1 is 1.30 bits per heavy atom. The average Bonchev–Trinajstić information content (AvgIpc) is 2.65. The van der Waals surface area contributed by atoms with Gasteiger partial charge in [-0.1, -0.05) is 30.3 Å². The van der Waals surface area contributed by atoms with E-state index in [0.29, 0.717) is 24.3 Å².